The third kappa shape index (κ3) is 5.27. The zero-order chi connectivity index (χ0) is 22.5. The van der Waals surface area contributed by atoms with Gasteiger partial charge in [0.25, 0.3) is 0 Å². The predicted octanol–water partition coefficient (Wildman–Crippen LogP) is 8.62. The normalized spacial score (nSPS) is 22.8. The van der Waals surface area contributed by atoms with E-state index >= 15 is 0 Å². The largest absolute Gasteiger partial charge is 0.491 e. The quantitative estimate of drug-likeness (QED) is 0.380. The fraction of sp³-hybridized carbons (Fsp3) is 0.571. The van der Waals surface area contributed by atoms with Gasteiger partial charge in [0.1, 0.15) is 0 Å². The molecule has 1 saturated carbocycles. The summed E-state index contributed by atoms with van der Waals surface area (Å²) in [5, 5.41) is 0. The molecule has 0 N–H and O–H groups in total. The molecule has 4 heteroatoms. The second-order valence-electron chi connectivity index (χ2n) is 9.74. The van der Waals surface area contributed by atoms with Crippen molar-refractivity contribution in [2.45, 2.75) is 82.8 Å². The molecule has 2 aliphatic rings. The van der Waals surface area contributed by atoms with Crippen LogP contribution in [0, 0.1) is 23.5 Å². The Morgan fingerprint density at radius 3 is 2.09 bits per heavy atom. The highest BCUT2D eigenvalue weighted by molar-refractivity contribution is 6.58. The molecule has 173 valence electrons. The van der Waals surface area contributed by atoms with E-state index in [0.29, 0.717) is 23.7 Å². The van der Waals surface area contributed by atoms with Crippen LogP contribution in [-0.2, 0) is 0 Å². The van der Waals surface area contributed by atoms with Crippen molar-refractivity contribution in [3.8, 4) is 16.9 Å². The molecule has 1 radical (unpaired) electrons. The van der Waals surface area contributed by atoms with E-state index in [1.165, 1.54) is 62.6 Å². The Bertz CT molecular complexity index is 866. The highest BCUT2D eigenvalue weighted by atomic mass is 28.3. The molecule has 0 unspecified atom stereocenters. The molecule has 4 rings (SSSR count). The summed E-state index contributed by atoms with van der Waals surface area (Å²) in [5.41, 5.74) is 2.35. The van der Waals surface area contributed by atoms with Gasteiger partial charge in [-0.1, -0.05) is 68.6 Å². The molecule has 1 nitrogen and oxygen atoms in total. The maximum atomic E-state index is 14.6. The molecule has 0 bridgehead atoms. The van der Waals surface area contributed by atoms with Gasteiger partial charge in [0.15, 0.2) is 11.6 Å². The Labute approximate surface area is 194 Å². The molecule has 1 aliphatic carbocycles. The smallest absolute Gasteiger partial charge is 0.201 e. The molecule has 2 aromatic rings. The van der Waals surface area contributed by atoms with Gasteiger partial charge in [-0.3, -0.25) is 0 Å². The van der Waals surface area contributed by atoms with Gasteiger partial charge in [-0.2, -0.15) is 4.39 Å². The molecule has 2 aromatic carbocycles. The van der Waals surface area contributed by atoms with Crippen molar-refractivity contribution in [3.63, 3.8) is 0 Å². The average molecular weight is 456 g/mol. The van der Waals surface area contributed by atoms with Crippen LogP contribution in [0.1, 0.15) is 70.3 Å². The van der Waals surface area contributed by atoms with E-state index in [0.717, 1.165) is 11.8 Å². The van der Waals surface area contributed by atoms with E-state index < -0.39 is 11.6 Å². The summed E-state index contributed by atoms with van der Waals surface area (Å²) in [7, 11) is -0.0174. The van der Waals surface area contributed by atoms with Crippen molar-refractivity contribution in [1.29, 1.82) is 0 Å². The van der Waals surface area contributed by atoms with Gasteiger partial charge >= 0.3 is 0 Å². The first-order valence-electron chi connectivity index (χ1n) is 12.6. The van der Waals surface area contributed by atoms with Crippen molar-refractivity contribution in [2.75, 3.05) is 6.61 Å². The maximum Gasteiger partial charge on any atom is 0.201 e. The first kappa shape index (κ1) is 23.5. The van der Waals surface area contributed by atoms with E-state index in [4.69, 9.17) is 4.74 Å². The predicted molar refractivity (Wildman–Crippen MR) is 131 cm³/mol. The first-order valence-corrected chi connectivity index (χ1v) is 14.8. The summed E-state index contributed by atoms with van der Waals surface area (Å²) >= 11 is 0. The molecule has 0 spiro atoms. The number of ether oxygens (including phenoxy) is 1. The van der Waals surface area contributed by atoms with Gasteiger partial charge in [0.2, 0.25) is 5.82 Å². The van der Waals surface area contributed by atoms with Crippen LogP contribution in [-0.4, -0.2) is 15.4 Å². The zero-order valence-electron chi connectivity index (χ0n) is 19.6. The lowest BCUT2D eigenvalue weighted by atomic mass is 9.72. The van der Waals surface area contributed by atoms with Crippen molar-refractivity contribution in [3.05, 3.63) is 53.6 Å². The van der Waals surface area contributed by atoms with E-state index in [1.54, 1.807) is 25.1 Å². The summed E-state index contributed by atoms with van der Waals surface area (Å²) in [6.07, 6.45) is 9.59. The van der Waals surface area contributed by atoms with E-state index in [2.05, 4.69) is 19.1 Å². The minimum atomic E-state index is -0.905. The summed E-state index contributed by atoms with van der Waals surface area (Å²) < 4.78 is 34.0. The number of hydrogen-bond donors (Lipinski definition) is 0. The number of halogens is 2. The number of benzene rings is 2. The second-order valence-corrected chi connectivity index (χ2v) is 12.7. The van der Waals surface area contributed by atoms with Crippen LogP contribution in [0.4, 0.5) is 8.78 Å². The molecular formula is C28H37F2OSi. The first-order chi connectivity index (χ1) is 15.6. The number of hydrogen-bond acceptors (Lipinski definition) is 1. The number of rotatable bonds is 7. The Kier molecular flexibility index (Phi) is 8.04. The lowest BCUT2D eigenvalue weighted by Gasteiger charge is -2.37. The Hall–Kier alpha value is -1.68. The lowest BCUT2D eigenvalue weighted by molar-refractivity contribution is 0.216. The van der Waals surface area contributed by atoms with Crippen LogP contribution in [0.3, 0.4) is 0 Å². The molecular weight excluding hydrogens is 418 g/mol. The van der Waals surface area contributed by atoms with Crippen LogP contribution < -0.4 is 4.74 Å². The third-order valence-electron chi connectivity index (χ3n) is 7.82. The van der Waals surface area contributed by atoms with Crippen LogP contribution in [0.15, 0.2) is 36.4 Å². The van der Waals surface area contributed by atoms with Gasteiger partial charge in [0, 0.05) is 14.4 Å². The molecule has 1 heterocycles. The highest BCUT2D eigenvalue weighted by Crippen LogP contribution is 2.44. The summed E-state index contributed by atoms with van der Waals surface area (Å²) in [5.74, 6) is 0.740. The monoisotopic (exact) mass is 455 g/mol. The van der Waals surface area contributed by atoms with Crippen molar-refractivity contribution < 1.29 is 13.5 Å². The molecule has 32 heavy (non-hydrogen) atoms. The Morgan fingerprint density at radius 2 is 1.47 bits per heavy atom. The summed E-state index contributed by atoms with van der Waals surface area (Å²) in [6, 6.07) is 15.9. The Balaban J connectivity index is 1.34. The van der Waals surface area contributed by atoms with Gasteiger partial charge in [-0.05, 0) is 73.6 Å². The fourth-order valence-electron chi connectivity index (χ4n) is 6.00. The minimum Gasteiger partial charge on any atom is -0.491 e. The average Bonchev–Trinajstić information content (AvgIpc) is 2.83. The van der Waals surface area contributed by atoms with Gasteiger partial charge in [-0.15, -0.1) is 0 Å². The molecule has 0 amide bonds. The fourth-order valence-corrected chi connectivity index (χ4v) is 9.02. The van der Waals surface area contributed by atoms with Crippen molar-refractivity contribution in [2.24, 2.45) is 11.8 Å². The minimum absolute atomic E-state index is 0.0174. The topological polar surface area (TPSA) is 9.23 Å². The zero-order valence-corrected chi connectivity index (χ0v) is 20.6. The van der Waals surface area contributed by atoms with E-state index in [9.17, 15) is 8.78 Å². The third-order valence-corrected chi connectivity index (χ3v) is 11.0. The summed E-state index contributed by atoms with van der Waals surface area (Å²) in [4.78, 5) is 0. The van der Waals surface area contributed by atoms with Crippen molar-refractivity contribution in [1.82, 2.24) is 0 Å². The van der Waals surface area contributed by atoms with Gasteiger partial charge in [-0.25, -0.2) is 4.39 Å². The Morgan fingerprint density at radius 1 is 0.812 bits per heavy atom. The molecule has 1 aliphatic heterocycles. The van der Waals surface area contributed by atoms with Crippen LogP contribution in [0.5, 0.6) is 5.75 Å². The standard InChI is InChI=1S/C28H37F2OSi/c1-3-17-32-18-15-23(16-19-32)22-7-5-20(6-8-22)21-9-11-24(12-10-21)25-13-14-26(31-4-2)28(30)27(25)29/h9-14,20,22-23H,3-8,15-19H2,1-2H3. The maximum absolute atomic E-state index is 14.6. The molecule has 0 aromatic heterocycles. The van der Waals surface area contributed by atoms with Gasteiger partial charge in [0.05, 0.1) is 6.61 Å². The second kappa shape index (κ2) is 11.0. The molecule has 0 atom stereocenters. The van der Waals surface area contributed by atoms with Gasteiger partial charge < -0.3 is 4.74 Å². The highest BCUT2D eigenvalue weighted by Gasteiger charge is 2.31. The molecule has 2 fully saturated rings. The van der Waals surface area contributed by atoms with Crippen LogP contribution >= 0.6 is 0 Å². The summed E-state index contributed by atoms with van der Waals surface area (Å²) in [6.45, 7) is 4.41. The lowest BCUT2D eigenvalue weighted by Crippen LogP contribution is -2.28. The van der Waals surface area contributed by atoms with Crippen molar-refractivity contribution >= 4 is 8.80 Å². The van der Waals surface area contributed by atoms with E-state index in [-0.39, 0.29) is 14.5 Å². The SMILES string of the molecule is CCC[Si]1CCC(C2CCC(c3ccc(-c4ccc(OCC)c(F)c4F)cc3)CC2)CC1. The van der Waals surface area contributed by atoms with E-state index in [1.807, 2.05) is 12.1 Å². The van der Waals surface area contributed by atoms with Crippen LogP contribution in [0.25, 0.3) is 11.1 Å². The van der Waals surface area contributed by atoms with Crippen LogP contribution in [0.2, 0.25) is 18.1 Å². The molecule has 1 saturated heterocycles.